The highest BCUT2D eigenvalue weighted by molar-refractivity contribution is 6.02. The standard InChI is InChI=1S/C37H41N5O3/c1-26-8-13-33(14-9-26)39-37(44)40-34-22-32(12-15-35(34)41-16-18-45-19-17-41)31-7-3-6-29(21-31)25-42(36(43)30-10-11-30)24-28-5-2-4-27(20-28)23-38/h2-9,12-15,20-22,30H,10-11,16-19,23-25,38H2,1H3,(H2,39,40,44). The van der Waals surface area contributed by atoms with E-state index in [0.29, 0.717) is 32.8 Å². The van der Waals surface area contributed by atoms with Gasteiger partial charge in [-0.25, -0.2) is 4.79 Å². The maximum atomic E-state index is 13.3. The van der Waals surface area contributed by atoms with E-state index in [1.165, 1.54) is 0 Å². The van der Waals surface area contributed by atoms with Crippen LogP contribution in [0.15, 0.2) is 91.0 Å². The zero-order chi connectivity index (χ0) is 31.2. The van der Waals surface area contributed by atoms with Gasteiger partial charge in [0.2, 0.25) is 5.91 Å². The number of benzene rings is 4. The van der Waals surface area contributed by atoms with Gasteiger partial charge in [0.05, 0.1) is 24.6 Å². The lowest BCUT2D eigenvalue weighted by molar-refractivity contribution is -0.133. The van der Waals surface area contributed by atoms with Crippen LogP contribution >= 0.6 is 0 Å². The maximum Gasteiger partial charge on any atom is 0.323 e. The van der Waals surface area contributed by atoms with Crippen molar-refractivity contribution in [2.24, 2.45) is 11.7 Å². The van der Waals surface area contributed by atoms with Crippen molar-refractivity contribution < 1.29 is 14.3 Å². The van der Waals surface area contributed by atoms with E-state index < -0.39 is 0 Å². The number of morpholine rings is 1. The van der Waals surface area contributed by atoms with Gasteiger partial charge in [0, 0.05) is 44.3 Å². The molecule has 2 fully saturated rings. The highest BCUT2D eigenvalue weighted by Crippen LogP contribution is 2.34. The summed E-state index contributed by atoms with van der Waals surface area (Å²) in [7, 11) is 0. The van der Waals surface area contributed by atoms with Gasteiger partial charge in [-0.05, 0) is 77.9 Å². The molecular weight excluding hydrogens is 562 g/mol. The second-order valence-corrected chi connectivity index (χ2v) is 12.0. The predicted molar refractivity (Wildman–Crippen MR) is 180 cm³/mol. The molecule has 0 radical (unpaired) electrons. The van der Waals surface area contributed by atoms with E-state index in [4.69, 9.17) is 10.5 Å². The topological polar surface area (TPSA) is 99.9 Å². The quantitative estimate of drug-likeness (QED) is 0.191. The van der Waals surface area contributed by atoms with Gasteiger partial charge >= 0.3 is 6.03 Å². The van der Waals surface area contributed by atoms with Crippen LogP contribution in [0.3, 0.4) is 0 Å². The molecule has 1 heterocycles. The van der Waals surface area contributed by atoms with Crippen molar-refractivity contribution in [1.82, 2.24) is 4.90 Å². The summed E-state index contributed by atoms with van der Waals surface area (Å²) in [6, 6.07) is 30.1. The number of nitrogens with two attached hydrogens (primary N) is 1. The number of aryl methyl sites for hydroxylation is 1. The summed E-state index contributed by atoms with van der Waals surface area (Å²) in [6.07, 6.45) is 1.92. The molecule has 1 aliphatic carbocycles. The summed E-state index contributed by atoms with van der Waals surface area (Å²) >= 11 is 0. The molecule has 1 saturated heterocycles. The number of amides is 3. The number of carbonyl (C=O) groups excluding carboxylic acids is 2. The van der Waals surface area contributed by atoms with Crippen molar-refractivity contribution in [2.75, 3.05) is 41.8 Å². The molecule has 8 heteroatoms. The van der Waals surface area contributed by atoms with E-state index in [1.807, 2.05) is 60.4 Å². The van der Waals surface area contributed by atoms with Crippen LogP contribution in [0.5, 0.6) is 0 Å². The number of anilines is 3. The Hall–Kier alpha value is -4.66. The Morgan fingerprint density at radius 1 is 0.822 bits per heavy atom. The van der Waals surface area contributed by atoms with Crippen molar-refractivity contribution in [1.29, 1.82) is 0 Å². The summed E-state index contributed by atoms with van der Waals surface area (Å²) in [6.45, 7) is 6.35. The fraction of sp³-hybridized carbons (Fsp3) is 0.297. The first-order valence-corrected chi connectivity index (χ1v) is 15.7. The van der Waals surface area contributed by atoms with Crippen LogP contribution in [0, 0.1) is 12.8 Å². The molecule has 0 bridgehead atoms. The van der Waals surface area contributed by atoms with E-state index in [2.05, 4.69) is 58.0 Å². The molecule has 232 valence electrons. The Bertz CT molecular complexity index is 1640. The number of carbonyl (C=O) groups is 2. The summed E-state index contributed by atoms with van der Waals surface area (Å²) in [4.78, 5) is 30.7. The fourth-order valence-corrected chi connectivity index (χ4v) is 5.76. The Balaban J connectivity index is 1.25. The number of hydrogen-bond acceptors (Lipinski definition) is 5. The third kappa shape index (κ3) is 7.90. The Kier molecular flexibility index (Phi) is 9.43. The second kappa shape index (κ2) is 14.0. The first-order chi connectivity index (χ1) is 21.9. The molecule has 2 aliphatic rings. The van der Waals surface area contributed by atoms with E-state index in [9.17, 15) is 9.59 Å². The molecule has 0 aromatic heterocycles. The van der Waals surface area contributed by atoms with Crippen molar-refractivity contribution >= 4 is 29.0 Å². The molecule has 4 N–H and O–H groups in total. The molecular formula is C37H41N5O3. The van der Waals surface area contributed by atoms with E-state index >= 15 is 0 Å². The number of urea groups is 1. The SMILES string of the molecule is Cc1ccc(NC(=O)Nc2cc(-c3cccc(CN(Cc4cccc(CN)c4)C(=O)C4CC4)c3)ccc2N2CCOCC2)cc1. The van der Waals surface area contributed by atoms with Crippen LogP contribution in [0.2, 0.25) is 0 Å². The van der Waals surface area contributed by atoms with Gasteiger partial charge < -0.3 is 30.9 Å². The highest BCUT2D eigenvalue weighted by atomic mass is 16.5. The second-order valence-electron chi connectivity index (χ2n) is 12.0. The number of hydrogen-bond donors (Lipinski definition) is 3. The minimum absolute atomic E-state index is 0.123. The molecule has 6 rings (SSSR count). The van der Waals surface area contributed by atoms with Gasteiger partial charge in [-0.3, -0.25) is 4.79 Å². The average Bonchev–Trinajstić information content (AvgIpc) is 3.92. The monoisotopic (exact) mass is 603 g/mol. The Morgan fingerprint density at radius 2 is 1.49 bits per heavy atom. The van der Waals surface area contributed by atoms with Crippen LogP contribution < -0.4 is 21.3 Å². The molecule has 0 unspecified atom stereocenters. The van der Waals surface area contributed by atoms with Gasteiger partial charge in [-0.2, -0.15) is 0 Å². The van der Waals surface area contributed by atoms with Gasteiger partial charge in [0.25, 0.3) is 0 Å². The van der Waals surface area contributed by atoms with Crippen molar-refractivity contribution in [3.05, 3.63) is 113 Å². The minimum Gasteiger partial charge on any atom is -0.378 e. The van der Waals surface area contributed by atoms with Gasteiger partial charge in [0.1, 0.15) is 0 Å². The van der Waals surface area contributed by atoms with Crippen molar-refractivity contribution in [3.63, 3.8) is 0 Å². The van der Waals surface area contributed by atoms with E-state index in [1.54, 1.807) is 0 Å². The minimum atomic E-state index is -0.299. The van der Waals surface area contributed by atoms with Crippen molar-refractivity contribution in [2.45, 2.75) is 39.4 Å². The normalized spacial score (nSPS) is 14.6. The largest absolute Gasteiger partial charge is 0.378 e. The van der Waals surface area contributed by atoms with Crippen LogP contribution in [0.25, 0.3) is 11.1 Å². The van der Waals surface area contributed by atoms with Crippen molar-refractivity contribution in [3.8, 4) is 11.1 Å². The molecule has 4 aromatic rings. The zero-order valence-corrected chi connectivity index (χ0v) is 25.8. The molecule has 1 aliphatic heterocycles. The molecule has 0 atom stereocenters. The smallest absolute Gasteiger partial charge is 0.323 e. The van der Waals surface area contributed by atoms with Gasteiger partial charge in [-0.1, -0.05) is 66.2 Å². The molecule has 45 heavy (non-hydrogen) atoms. The first kappa shape index (κ1) is 30.4. The lowest BCUT2D eigenvalue weighted by Crippen LogP contribution is -2.37. The van der Waals surface area contributed by atoms with Gasteiger partial charge in [0.15, 0.2) is 0 Å². The fourth-order valence-electron chi connectivity index (χ4n) is 5.76. The molecule has 4 aromatic carbocycles. The number of ether oxygens (including phenoxy) is 1. The predicted octanol–water partition coefficient (Wildman–Crippen LogP) is 6.54. The maximum absolute atomic E-state index is 13.3. The zero-order valence-electron chi connectivity index (χ0n) is 25.8. The lowest BCUT2D eigenvalue weighted by Gasteiger charge is -2.31. The van der Waals surface area contributed by atoms with Crippen LogP contribution in [0.4, 0.5) is 21.9 Å². The Morgan fingerprint density at radius 3 is 2.20 bits per heavy atom. The number of rotatable bonds is 10. The summed E-state index contributed by atoms with van der Waals surface area (Å²) in [5, 5.41) is 6.06. The Labute approximate surface area is 265 Å². The average molecular weight is 604 g/mol. The van der Waals surface area contributed by atoms with Crippen LogP contribution in [-0.4, -0.2) is 43.1 Å². The first-order valence-electron chi connectivity index (χ1n) is 15.7. The molecule has 8 nitrogen and oxygen atoms in total. The third-order valence-corrected chi connectivity index (χ3v) is 8.38. The molecule has 3 amide bonds. The van der Waals surface area contributed by atoms with E-state index in [-0.39, 0.29) is 17.9 Å². The molecule has 1 saturated carbocycles. The van der Waals surface area contributed by atoms with Crippen LogP contribution in [0.1, 0.15) is 35.1 Å². The number of nitrogens with zero attached hydrogens (tertiary/aromatic N) is 2. The third-order valence-electron chi connectivity index (χ3n) is 8.38. The van der Waals surface area contributed by atoms with E-state index in [0.717, 1.165) is 76.4 Å². The summed E-state index contributed by atoms with van der Waals surface area (Å²) in [5.74, 6) is 0.331. The lowest BCUT2D eigenvalue weighted by atomic mass is 10.0. The van der Waals surface area contributed by atoms with Crippen LogP contribution in [-0.2, 0) is 29.2 Å². The van der Waals surface area contributed by atoms with Gasteiger partial charge in [-0.15, -0.1) is 0 Å². The number of nitrogens with one attached hydrogen (secondary N) is 2. The summed E-state index contributed by atoms with van der Waals surface area (Å²) < 4.78 is 5.58. The highest BCUT2D eigenvalue weighted by Gasteiger charge is 2.33. The molecule has 0 spiro atoms. The summed E-state index contributed by atoms with van der Waals surface area (Å²) in [5.41, 5.74) is 14.6.